The van der Waals surface area contributed by atoms with E-state index >= 15 is 0 Å². The van der Waals surface area contributed by atoms with Crippen molar-refractivity contribution in [3.05, 3.63) is 70.8 Å². The fraction of sp³-hybridized carbons (Fsp3) is 0.533. The summed E-state index contributed by atoms with van der Waals surface area (Å²) in [6.07, 6.45) is 11.9. The molecule has 2 aromatic rings. The predicted octanol–water partition coefficient (Wildman–Crippen LogP) is 6.87. The first-order chi connectivity index (χ1) is 16.7. The maximum absolute atomic E-state index is 11.3. The molecule has 1 aliphatic heterocycles. The fourth-order valence-electron chi connectivity index (χ4n) is 5.40. The number of hydrogen-bond donors (Lipinski definition) is 1. The molecule has 2 aliphatic rings. The summed E-state index contributed by atoms with van der Waals surface area (Å²) in [5.41, 5.74) is 5.63. The standard InChI is InChI=1S/C16H22O2.C14H18N2.ClH/c1-18-16(17)12-11-14-9-5-6-10-15(14)13-7-3-2-4-8-13;15-9-3-5-12-4-1-2-6-14(12)13-7-10-16-11-8-13;/h5-6,9-10,13H,2-4,7-8,11-12H2,1H3;1-2,4,6,13,16H,3,5,7-8,10-11H2;1H. The van der Waals surface area contributed by atoms with Crippen molar-refractivity contribution in [3.8, 4) is 6.07 Å². The summed E-state index contributed by atoms with van der Waals surface area (Å²) in [4.78, 5) is 11.3. The average Bonchev–Trinajstić information content (AvgIpc) is 2.92. The van der Waals surface area contributed by atoms with Crippen LogP contribution in [-0.4, -0.2) is 26.2 Å². The van der Waals surface area contributed by atoms with E-state index in [1.807, 2.05) is 0 Å². The molecule has 0 bridgehead atoms. The highest BCUT2D eigenvalue weighted by molar-refractivity contribution is 5.85. The molecule has 1 saturated carbocycles. The second-order valence-corrected chi connectivity index (χ2v) is 9.49. The van der Waals surface area contributed by atoms with E-state index in [4.69, 9.17) is 10.00 Å². The van der Waals surface area contributed by atoms with Gasteiger partial charge < -0.3 is 10.1 Å². The van der Waals surface area contributed by atoms with Crippen LogP contribution in [0.4, 0.5) is 0 Å². The second kappa shape index (κ2) is 16.3. The summed E-state index contributed by atoms with van der Waals surface area (Å²) < 4.78 is 4.72. The molecule has 0 aromatic heterocycles. The number of piperidine rings is 1. The van der Waals surface area contributed by atoms with E-state index in [9.17, 15) is 4.79 Å². The van der Waals surface area contributed by atoms with Crippen molar-refractivity contribution in [3.63, 3.8) is 0 Å². The molecule has 4 nitrogen and oxygen atoms in total. The van der Waals surface area contributed by atoms with Gasteiger partial charge in [0.25, 0.3) is 0 Å². The normalized spacial score (nSPS) is 16.2. The first-order valence-corrected chi connectivity index (χ1v) is 13.0. The smallest absolute Gasteiger partial charge is 0.305 e. The summed E-state index contributed by atoms with van der Waals surface area (Å²) in [5, 5.41) is 12.1. The van der Waals surface area contributed by atoms with Crippen LogP contribution in [-0.2, 0) is 22.4 Å². The van der Waals surface area contributed by atoms with Gasteiger partial charge in [-0.3, -0.25) is 4.79 Å². The van der Waals surface area contributed by atoms with Gasteiger partial charge in [-0.05, 0) is 85.7 Å². The number of carbonyl (C=O) groups is 1. The maximum Gasteiger partial charge on any atom is 0.305 e. The van der Waals surface area contributed by atoms with Gasteiger partial charge in [-0.25, -0.2) is 0 Å². The molecule has 2 aromatic carbocycles. The number of halogens is 1. The van der Waals surface area contributed by atoms with Crippen LogP contribution in [0.25, 0.3) is 0 Å². The Hall–Kier alpha value is -2.35. The molecule has 0 atom stereocenters. The lowest BCUT2D eigenvalue weighted by Gasteiger charge is -2.25. The van der Waals surface area contributed by atoms with Crippen LogP contribution in [0.3, 0.4) is 0 Å². The first kappa shape index (κ1) is 28.9. The quantitative estimate of drug-likeness (QED) is 0.425. The molecule has 190 valence electrons. The SMILES string of the molecule is COC(=O)CCc1ccccc1C1CCCCC1.Cl.N#CCCc1ccccc1C1CCNCC1. The molecule has 0 spiro atoms. The van der Waals surface area contributed by atoms with Crippen LogP contribution in [0.2, 0.25) is 0 Å². The Morgan fingerprint density at radius 1 is 0.886 bits per heavy atom. The van der Waals surface area contributed by atoms with E-state index in [2.05, 4.69) is 59.9 Å². The number of methoxy groups -OCH3 is 1. The van der Waals surface area contributed by atoms with Crippen molar-refractivity contribution >= 4 is 18.4 Å². The second-order valence-electron chi connectivity index (χ2n) is 9.49. The van der Waals surface area contributed by atoms with Crippen molar-refractivity contribution in [1.82, 2.24) is 5.32 Å². The fourth-order valence-corrected chi connectivity index (χ4v) is 5.40. The number of rotatable bonds is 7. The van der Waals surface area contributed by atoms with Gasteiger partial charge in [0.15, 0.2) is 0 Å². The molecule has 0 unspecified atom stereocenters. The van der Waals surface area contributed by atoms with Gasteiger partial charge in [0.05, 0.1) is 13.2 Å². The molecule has 4 rings (SSSR count). The lowest BCUT2D eigenvalue weighted by molar-refractivity contribution is -0.140. The van der Waals surface area contributed by atoms with Crippen LogP contribution >= 0.6 is 12.4 Å². The van der Waals surface area contributed by atoms with E-state index in [1.165, 1.54) is 74.3 Å². The van der Waals surface area contributed by atoms with Gasteiger partial charge in [-0.2, -0.15) is 5.26 Å². The molecule has 1 saturated heterocycles. The Labute approximate surface area is 217 Å². The highest BCUT2D eigenvalue weighted by atomic mass is 35.5. The summed E-state index contributed by atoms with van der Waals surface area (Å²) in [5.74, 6) is 1.28. The van der Waals surface area contributed by atoms with Gasteiger partial charge in [0, 0.05) is 12.8 Å². The van der Waals surface area contributed by atoms with Crippen LogP contribution < -0.4 is 5.32 Å². The zero-order valence-electron chi connectivity index (χ0n) is 21.1. The van der Waals surface area contributed by atoms with E-state index < -0.39 is 0 Å². The largest absolute Gasteiger partial charge is 0.469 e. The van der Waals surface area contributed by atoms with Crippen LogP contribution in [0.1, 0.15) is 91.9 Å². The van der Waals surface area contributed by atoms with Gasteiger partial charge in [0.1, 0.15) is 0 Å². The van der Waals surface area contributed by atoms with E-state index in [1.54, 1.807) is 0 Å². The first-order valence-electron chi connectivity index (χ1n) is 13.0. The molecule has 0 radical (unpaired) electrons. The summed E-state index contributed by atoms with van der Waals surface area (Å²) in [6.45, 7) is 2.24. The molecular formula is C30H41ClN2O2. The lowest BCUT2D eigenvalue weighted by Crippen LogP contribution is -2.27. The molecule has 35 heavy (non-hydrogen) atoms. The minimum absolute atomic E-state index is 0. The molecule has 0 amide bonds. The zero-order chi connectivity index (χ0) is 24.0. The van der Waals surface area contributed by atoms with E-state index in [0.29, 0.717) is 24.7 Å². The molecule has 2 fully saturated rings. The molecular weight excluding hydrogens is 456 g/mol. The van der Waals surface area contributed by atoms with Crippen LogP contribution in [0, 0.1) is 11.3 Å². The van der Waals surface area contributed by atoms with Crippen molar-refractivity contribution in [2.45, 2.75) is 82.5 Å². The topological polar surface area (TPSA) is 62.1 Å². The average molecular weight is 497 g/mol. The Bertz CT molecular complexity index is 928. The third kappa shape index (κ3) is 9.32. The Kier molecular flexibility index (Phi) is 13.5. The summed E-state index contributed by atoms with van der Waals surface area (Å²) >= 11 is 0. The monoisotopic (exact) mass is 496 g/mol. The van der Waals surface area contributed by atoms with E-state index in [0.717, 1.165) is 25.9 Å². The number of ether oxygens (including phenoxy) is 1. The highest BCUT2D eigenvalue weighted by Gasteiger charge is 2.19. The van der Waals surface area contributed by atoms with Crippen molar-refractivity contribution in [2.24, 2.45) is 0 Å². The van der Waals surface area contributed by atoms with Crippen LogP contribution in [0.15, 0.2) is 48.5 Å². The zero-order valence-corrected chi connectivity index (χ0v) is 22.0. The van der Waals surface area contributed by atoms with Gasteiger partial charge in [-0.15, -0.1) is 12.4 Å². The number of hydrogen-bond acceptors (Lipinski definition) is 4. The number of nitrogens with zero attached hydrogens (tertiary/aromatic N) is 1. The number of benzene rings is 2. The van der Waals surface area contributed by atoms with Crippen LogP contribution in [0.5, 0.6) is 0 Å². The lowest BCUT2D eigenvalue weighted by atomic mass is 9.81. The van der Waals surface area contributed by atoms with Gasteiger partial charge in [-0.1, -0.05) is 67.8 Å². The van der Waals surface area contributed by atoms with Crippen molar-refractivity contribution in [2.75, 3.05) is 20.2 Å². The highest BCUT2D eigenvalue weighted by Crippen LogP contribution is 2.34. The number of esters is 1. The van der Waals surface area contributed by atoms with Crippen molar-refractivity contribution < 1.29 is 9.53 Å². The number of nitrogens with one attached hydrogen (secondary N) is 1. The summed E-state index contributed by atoms with van der Waals surface area (Å²) in [6, 6.07) is 19.4. The molecule has 5 heteroatoms. The number of carbonyl (C=O) groups excluding carboxylic acids is 1. The Morgan fingerprint density at radius 2 is 1.43 bits per heavy atom. The summed E-state index contributed by atoms with van der Waals surface area (Å²) in [7, 11) is 1.45. The minimum Gasteiger partial charge on any atom is -0.469 e. The number of nitriles is 1. The molecule has 1 aliphatic carbocycles. The Morgan fingerprint density at radius 3 is 2.00 bits per heavy atom. The van der Waals surface area contributed by atoms with Crippen molar-refractivity contribution in [1.29, 1.82) is 5.26 Å². The minimum atomic E-state index is -0.117. The molecule has 1 N–H and O–H groups in total. The number of aryl methyl sites for hydroxylation is 2. The predicted molar refractivity (Wildman–Crippen MR) is 145 cm³/mol. The molecule has 1 heterocycles. The third-order valence-electron chi connectivity index (χ3n) is 7.27. The van der Waals surface area contributed by atoms with E-state index in [-0.39, 0.29) is 18.4 Å². The Balaban J connectivity index is 0.000000241. The van der Waals surface area contributed by atoms with Gasteiger partial charge in [0.2, 0.25) is 0 Å². The van der Waals surface area contributed by atoms with Gasteiger partial charge >= 0.3 is 5.97 Å². The third-order valence-corrected chi connectivity index (χ3v) is 7.27. The maximum atomic E-state index is 11.3.